The number of Topliss-reactive ketones (excluding diaryl/α,β-unsaturated/α-hetero) is 1. The third kappa shape index (κ3) is 5.23. The van der Waals surface area contributed by atoms with Crippen LogP contribution >= 0.6 is 0 Å². The number of nitrogens with zero attached hydrogens (tertiary/aromatic N) is 3. The quantitative estimate of drug-likeness (QED) is 0.356. The van der Waals surface area contributed by atoms with Crippen molar-refractivity contribution in [3.8, 4) is 0 Å². The van der Waals surface area contributed by atoms with Crippen LogP contribution in [-0.2, 0) is 14.4 Å². The van der Waals surface area contributed by atoms with Gasteiger partial charge in [0.05, 0.1) is 5.70 Å². The molecule has 0 bridgehead atoms. The van der Waals surface area contributed by atoms with E-state index in [4.69, 9.17) is 5.11 Å². The Kier molecular flexibility index (Phi) is 6.92. The third-order valence-corrected chi connectivity index (χ3v) is 3.95. The Morgan fingerprint density at radius 1 is 1.00 bits per heavy atom. The summed E-state index contributed by atoms with van der Waals surface area (Å²) < 4.78 is 0. The molecule has 0 aromatic heterocycles. The van der Waals surface area contributed by atoms with Gasteiger partial charge >= 0.3 is 33.4 Å². The van der Waals surface area contributed by atoms with Gasteiger partial charge in [0.25, 0.3) is 0 Å². The molecule has 2 radical (unpaired) electrons. The van der Waals surface area contributed by atoms with Crippen molar-refractivity contribution < 1.29 is 19.5 Å². The number of aliphatic carboxylic acids is 1. The molecule has 0 aromatic rings. The summed E-state index contributed by atoms with van der Waals surface area (Å²) in [5.74, 6) is -0.662. The van der Waals surface area contributed by atoms with Gasteiger partial charge in [-0.05, 0) is 6.42 Å². The summed E-state index contributed by atoms with van der Waals surface area (Å²) in [6, 6.07) is 0. The van der Waals surface area contributed by atoms with E-state index in [1.807, 2.05) is 21.6 Å². The second kappa shape index (κ2) is 8.73. The predicted octanol–water partition coefficient (Wildman–Crippen LogP) is -0.0131. The van der Waals surface area contributed by atoms with Gasteiger partial charge in [0.15, 0.2) is 0 Å². The van der Waals surface area contributed by atoms with Gasteiger partial charge in [0.1, 0.15) is 11.4 Å². The van der Waals surface area contributed by atoms with Crippen LogP contribution in [0.3, 0.4) is 0 Å². The first-order chi connectivity index (χ1) is 12.0. The number of hydrogen-bond acceptors (Lipinski definition) is 6. The van der Waals surface area contributed by atoms with Gasteiger partial charge < -0.3 is 19.8 Å². The maximum atomic E-state index is 12.4. The van der Waals surface area contributed by atoms with Crippen LogP contribution in [0.15, 0.2) is 23.2 Å². The summed E-state index contributed by atoms with van der Waals surface area (Å²) in [7, 11) is 0. The summed E-state index contributed by atoms with van der Waals surface area (Å²) >= 11 is 1.35. The minimum absolute atomic E-state index is 0.00546. The van der Waals surface area contributed by atoms with Crippen molar-refractivity contribution in [3.05, 3.63) is 23.2 Å². The molecule has 136 valence electrons. The molecule has 3 aliphatic heterocycles. The fourth-order valence-corrected chi connectivity index (χ4v) is 2.49. The molecular weight excluding hydrogens is 429 g/mol. The van der Waals surface area contributed by atoms with Crippen LogP contribution < -0.4 is 0 Å². The Morgan fingerprint density at radius 3 is 1.84 bits per heavy atom. The van der Waals surface area contributed by atoms with E-state index in [1.165, 1.54) is 28.6 Å². The van der Waals surface area contributed by atoms with Crippen LogP contribution in [0.1, 0.15) is 19.8 Å². The summed E-state index contributed by atoms with van der Waals surface area (Å²) in [5, 5.41) is 7.91. The van der Waals surface area contributed by atoms with E-state index in [9.17, 15) is 14.4 Å². The molecule has 0 aromatic carbocycles. The Balaban J connectivity index is 0.000000243. The van der Waals surface area contributed by atoms with Crippen LogP contribution in [0.5, 0.6) is 0 Å². The fraction of sp³-hybridized carbons (Fsp3) is 0.588. The first-order valence-electron chi connectivity index (χ1n) is 8.62. The van der Waals surface area contributed by atoms with E-state index in [0.717, 1.165) is 45.7 Å². The molecule has 4 rings (SSSR count). The van der Waals surface area contributed by atoms with Crippen LogP contribution in [0.2, 0.25) is 4.94 Å². The van der Waals surface area contributed by atoms with Crippen LogP contribution in [-0.4, -0.2) is 99.1 Å². The summed E-state index contributed by atoms with van der Waals surface area (Å²) in [4.78, 5) is 42.2. The van der Waals surface area contributed by atoms with E-state index < -0.39 is 5.97 Å². The molecule has 8 heteroatoms. The number of rotatable bonds is 5. The zero-order valence-corrected chi connectivity index (χ0v) is 18.1. The number of allylic oxidation sites excluding steroid dienone is 1. The van der Waals surface area contributed by atoms with E-state index in [2.05, 4.69) is 4.94 Å². The van der Waals surface area contributed by atoms with Crippen molar-refractivity contribution in [2.24, 2.45) is 0 Å². The molecule has 3 fully saturated rings. The molecule has 0 spiro atoms. The van der Waals surface area contributed by atoms with E-state index in [1.54, 1.807) is 0 Å². The molecule has 0 unspecified atom stereocenters. The van der Waals surface area contributed by atoms with Crippen molar-refractivity contribution in [2.45, 2.75) is 24.7 Å². The van der Waals surface area contributed by atoms with Gasteiger partial charge in [-0.1, -0.05) is 6.92 Å². The van der Waals surface area contributed by atoms with Crippen LogP contribution in [0.25, 0.3) is 0 Å². The number of carbonyl (C=O) groups excluding carboxylic acids is 2. The Labute approximate surface area is 161 Å². The molecule has 4 aliphatic rings. The first-order valence-corrected chi connectivity index (χ1v) is 11.9. The number of ketones is 2. The molecule has 1 aliphatic carbocycles. The molecule has 3 saturated heterocycles. The number of hydrogen-bond donors (Lipinski definition) is 1. The molecule has 25 heavy (non-hydrogen) atoms. The van der Waals surface area contributed by atoms with Gasteiger partial charge in [-0.2, -0.15) is 0 Å². The topological polar surface area (TPSA) is 80.5 Å². The van der Waals surface area contributed by atoms with Crippen molar-refractivity contribution in [1.82, 2.24) is 14.7 Å². The fourth-order valence-electron chi connectivity index (χ4n) is 2.49. The Bertz CT molecular complexity index is 617. The molecule has 7 nitrogen and oxygen atoms in total. The SMILES string of the molecule is CCCC(=O)O.O=C1C=C(N2CC2)C(=O)C(N2CC2)=C1N1CC1.[CH3][SnH]. The molecule has 1 N–H and O–H groups in total. The molecular formula is C17H25N3O4Sn. The average Bonchev–Trinajstić information content (AvgIpc) is 3.41. The Morgan fingerprint density at radius 2 is 1.48 bits per heavy atom. The van der Waals surface area contributed by atoms with E-state index >= 15 is 0 Å². The van der Waals surface area contributed by atoms with Crippen molar-refractivity contribution in [1.29, 1.82) is 0 Å². The van der Waals surface area contributed by atoms with Gasteiger partial charge in [0.2, 0.25) is 11.6 Å². The molecule has 0 atom stereocenters. The van der Waals surface area contributed by atoms with Crippen LogP contribution in [0, 0.1) is 0 Å². The number of carbonyl (C=O) groups is 3. The van der Waals surface area contributed by atoms with E-state index in [0.29, 0.717) is 23.5 Å². The monoisotopic (exact) mass is 455 g/mol. The zero-order chi connectivity index (χ0) is 18.6. The second-order valence-electron chi connectivity index (χ2n) is 6.03. The average molecular weight is 454 g/mol. The van der Waals surface area contributed by atoms with Crippen molar-refractivity contribution >= 4 is 40.1 Å². The first kappa shape index (κ1) is 19.8. The van der Waals surface area contributed by atoms with Crippen molar-refractivity contribution in [3.63, 3.8) is 0 Å². The van der Waals surface area contributed by atoms with Crippen LogP contribution in [0.4, 0.5) is 0 Å². The van der Waals surface area contributed by atoms with Gasteiger partial charge in [-0.15, -0.1) is 0 Å². The predicted molar refractivity (Wildman–Crippen MR) is 95.4 cm³/mol. The normalized spacial score (nSPS) is 20.3. The summed E-state index contributed by atoms with van der Waals surface area (Å²) in [6.07, 6.45) is 2.55. The van der Waals surface area contributed by atoms with Crippen molar-refractivity contribution in [2.75, 3.05) is 39.3 Å². The minimum atomic E-state index is -0.711. The molecule has 3 heterocycles. The maximum absolute atomic E-state index is 12.4. The third-order valence-electron chi connectivity index (χ3n) is 3.95. The second-order valence-corrected chi connectivity index (χ2v) is 6.03. The molecule has 0 saturated carbocycles. The molecule has 0 amide bonds. The number of carboxylic acid groups (broad SMARTS) is 1. The van der Waals surface area contributed by atoms with E-state index in [-0.39, 0.29) is 11.6 Å². The van der Waals surface area contributed by atoms with Gasteiger partial charge in [-0.25, -0.2) is 0 Å². The summed E-state index contributed by atoms with van der Waals surface area (Å²) in [5.41, 5.74) is 1.89. The Hall–Kier alpha value is -1.51. The zero-order valence-electron chi connectivity index (χ0n) is 14.8. The number of carboxylic acids is 1. The van der Waals surface area contributed by atoms with Gasteiger partial charge in [0, 0.05) is 51.8 Å². The van der Waals surface area contributed by atoms with Gasteiger partial charge in [-0.3, -0.25) is 14.4 Å². The summed E-state index contributed by atoms with van der Waals surface area (Å²) in [6.45, 7) is 7.25. The standard InChI is InChI=1S/C12H13N3O2.C4H8O2.CH3.Sn.H/c16-9-7-8(13-1-2-13)12(17)11(15-5-6-15)10(9)14-3-4-14;1-2-3-4(5)6;;;/h7H,1-6H2;2-3H2,1H3,(H,5,6);1H3;;.